The second kappa shape index (κ2) is 4.31. The first-order valence-corrected chi connectivity index (χ1v) is 6.00. The average molecular weight is 249 g/mol. The molecule has 1 aliphatic heterocycles. The topological polar surface area (TPSA) is 70.3 Å². The number of nitrogens with two attached hydrogens (primary N) is 1. The highest BCUT2D eigenvalue weighted by Crippen LogP contribution is 2.33. The molecule has 5 nitrogen and oxygen atoms in total. The van der Waals surface area contributed by atoms with Gasteiger partial charge in [-0.3, -0.25) is 0 Å². The molecule has 0 aliphatic carbocycles. The smallest absolute Gasteiger partial charge is 0.161 e. The van der Waals surface area contributed by atoms with Crippen molar-refractivity contribution in [3.63, 3.8) is 0 Å². The van der Waals surface area contributed by atoms with Gasteiger partial charge >= 0.3 is 0 Å². The van der Waals surface area contributed by atoms with Gasteiger partial charge in [0.2, 0.25) is 0 Å². The van der Waals surface area contributed by atoms with Crippen LogP contribution in [0.1, 0.15) is 17.3 Å². The first-order chi connectivity index (χ1) is 8.34. The molecule has 88 valence electrons. The second-order valence-corrected chi connectivity index (χ2v) is 4.27. The van der Waals surface area contributed by atoms with Crippen LogP contribution in [0.15, 0.2) is 24.4 Å². The van der Waals surface area contributed by atoms with Crippen molar-refractivity contribution in [3.8, 4) is 11.5 Å². The van der Waals surface area contributed by atoms with Crippen LogP contribution in [-0.4, -0.2) is 22.0 Å². The first-order valence-electron chi connectivity index (χ1n) is 5.27. The zero-order chi connectivity index (χ0) is 11.7. The van der Waals surface area contributed by atoms with Crippen molar-refractivity contribution in [2.24, 2.45) is 5.73 Å². The molecule has 17 heavy (non-hydrogen) atoms. The van der Waals surface area contributed by atoms with Crippen molar-refractivity contribution in [2.45, 2.75) is 6.04 Å². The van der Waals surface area contributed by atoms with E-state index in [1.165, 1.54) is 0 Å². The Morgan fingerprint density at radius 1 is 1.24 bits per heavy atom. The highest BCUT2D eigenvalue weighted by molar-refractivity contribution is 6.99. The lowest BCUT2D eigenvalue weighted by Crippen LogP contribution is -2.17. The Balaban J connectivity index is 1.93. The molecule has 0 spiro atoms. The van der Waals surface area contributed by atoms with Gasteiger partial charge < -0.3 is 15.2 Å². The van der Waals surface area contributed by atoms with Gasteiger partial charge in [-0.1, -0.05) is 6.07 Å². The molecule has 1 aliphatic rings. The minimum atomic E-state index is -0.274. The van der Waals surface area contributed by atoms with Crippen molar-refractivity contribution in [1.29, 1.82) is 0 Å². The number of nitrogens with zero attached hydrogens (tertiary/aromatic N) is 2. The maximum Gasteiger partial charge on any atom is 0.161 e. The SMILES string of the molecule is NC(c1ccc2c(c1)OCCO2)c1cnsn1. The third-order valence-corrected chi connectivity index (χ3v) is 3.11. The lowest BCUT2D eigenvalue weighted by molar-refractivity contribution is 0.171. The van der Waals surface area contributed by atoms with Gasteiger partial charge in [0.15, 0.2) is 11.5 Å². The number of hydrogen-bond acceptors (Lipinski definition) is 6. The average Bonchev–Trinajstić information content (AvgIpc) is 2.91. The molecule has 1 unspecified atom stereocenters. The molecule has 0 bridgehead atoms. The van der Waals surface area contributed by atoms with Crippen LogP contribution in [-0.2, 0) is 0 Å². The molecule has 0 saturated carbocycles. The Morgan fingerprint density at radius 3 is 2.82 bits per heavy atom. The summed E-state index contributed by atoms with van der Waals surface area (Å²) >= 11 is 1.16. The molecular formula is C11H11N3O2S. The maximum atomic E-state index is 6.10. The fourth-order valence-electron chi connectivity index (χ4n) is 1.73. The largest absolute Gasteiger partial charge is 0.486 e. The summed E-state index contributed by atoms with van der Waals surface area (Å²) in [5.41, 5.74) is 7.82. The van der Waals surface area contributed by atoms with Crippen molar-refractivity contribution >= 4 is 11.7 Å². The number of hydrogen-bond donors (Lipinski definition) is 1. The Kier molecular flexibility index (Phi) is 2.66. The van der Waals surface area contributed by atoms with Crippen LogP contribution in [0.3, 0.4) is 0 Å². The van der Waals surface area contributed by atoms with Gasteiger partial charge in [0, 0.05) is 0 Å². The highest BCUT2D eigenvalue weighted by Gasteiger charge is 2.17. The van der Waals surface area contributed by atoms with Gasteiger partial charge in [0.05, 0.1) is 29.7 Å². The summed E-state index contributed by atoms with van der Waals surface area (Å²) in [5, 5.41) is 0. The van der Waals surface area contributed by atoms with Gasteiger partial charge in [-0.15, -0.1) is 0 Å². The van der Waals surface area contributed by atoms with Crippen molar-refractivity contribution < 1.29 is 9.47 Å². The highest BCUT2D eigenvalue weighted by atomic mass is 32.1. The number of aromatic nitrogens is 2. The van der Waals surface area contributed by atoms with Crippen molar-refractivity contribution in [2.75, 3.05) is 13.2 Å². The van der Waals surface area contributed by atoms with E-state index in [2.05, 4.69) is 8.75 Å². The van der Waals surface area contributed by atoms with Gasteiger partial charge in [0.25, 0.3) is 0 Å². The molecule has 2 heterocycles. The predicted octanol–water partition coefficient (Wildman–Crippen LogP) is 1.36. The summed E-state index contributed by atoms with van der Waals surface area (Å²) in [6, 6.07) is 5.43. The summed E-state index contributed by atoms with van der Waals surface area (Å²) in [6.45, 7) is 1.17. The van der Waals surface area contributed by atoms with Crippen molar-refractivity contribution in [1.82, 2.24) is 8.75 Å². The van der Waals surface area contributed by atoms with E-state index in [1.807, 2.05) is 18.2 Å². The van der Waals surface area contributed by atoms with Crippen LogP contribution in [0, 0.1) is 0 Å². The molecule has 0 saturated heterocycles. The molecule has 1 aromatic carbocycles. The van der Waals surface area contributed by atoms with E-state index in [1.54, 1.807) is 6.20 Å². The molecular weight excluding hydrogens is 238 g/mol. The van der Waals surface area contributed by atoms with E-state index in [-0.39, 0.29) is 6.04 Å². The lowest BCUT2D eigenvalue weighted by Gasteiger charge is -2.20. The predicted molar refractivity (Wildman–Crippen MR) is 63.4 cm³/mol. The van der Waals surface area contributed by atoms with E-state index in [9.17, 15) is 0 Å². The maximum absolute atomic E-state index is 6.10. The zero-order valence-corrected chi connectivity index (χ0v) is 9.81. The Hall–Kier alpha value is -1.66. The first kappa shape index (κ1) is 10.5. The molecule has 1 atom stereocenters. The van der Waals surface area contributed by atoms with Crippen LogP contribution < -0.4 is 15.2 Å². The molecule has 3 rings (SSSR count). The standard InChI is InChI=1S/C11H11N3O2S/c12-11(8-6-13-17-14-8)7-1-2-9-10(5-7)16-4-3-15-9/h1-2,5-6,11H,3-4,12H2. The van der Waals surface area contributed by atoms with E-state index in [4.69, 9.17) is 15.2 Å². The Morgan fingerprint density at radius 2 is 2.06 bits per heavy atom. The fourth-order valence-corrected chi connectivity index (χ4v) is 2.19. The fraction of sp³-hybridized carbons (Fsp3) is 0.273. The second-order valence-electron chi connectivity index (χ2n) is 3.71. The summed E-state index contributed by atoms with van der Waals surface area (Å²) in [7, 11) is 0. The zero-order valence-electron chi connectivity index (χ0n) is 9.00. The Bertz CT molecular complexity index is 515. The van der Waals surface area contributed by atoms with Gasteiger partial charge in [0.1, 0.15) is 13.2 Å². The monoisotopic (exact) mass is 249 g/mol. The Labute approximate surface area is 103 Å². The van der Waals surface area contributed by atoms with E-state index >= 15 is 0 Å². The van der Waals surface area contributed by atoms with Gasteiger partial charge in [-0.2, -0.15) is 8.75 Å². The van der Waals surface area contributed by atoms with Gasteiger partial charge in [-0.05, 0) is 17.7 Å². The third-order valence-electron chi connectivity index (χ3n) is 2.62. The molecule has 0 radical (unpaired) electrons. The number of rotatable bonds is 2. The molecule has 6 heteroatoms. The van der Waals surface area contributed by atoms with E-state index in [0.29, 0.717) is 13.2 Å². The summed E-state index contributed by atoms with van der Waals surface area (Å²) in [6.07, 6.45) is 1.69. The van der Waals surface area contributed by atoms with E-state index < -0.39 is 0 Å². The number of ether oxygens (including phenoxy) is 2. The van der Waals surface area contributed by atoms with E-state index in [0.717, 1.165) is 34.5 Å². The minimum absolute atomic E-state index is 0.274. The van der Waals surface area contributed by atoms with Crippen LogP contribution in [0.4, 0.5) is 0 Å². The molecule has 2 aromatic rings. The lowest BCUT2D eigenvalue weighted by atomic mass is 10.0. The number of fused-ring (bicyclic) bond motifs is 1. The molecule has 0 fully saturated rings. The summed E-state index contributed by atoms with van der Waals surface area (Å²) in [5.74, 6) is 1.51. The molecule has 2 N–H and O–H groups in total. The summed E-state index contributed by atoms with van der Waals surface area (Å²) < 4.78 is 19.1. The minimum Gasteiger partial charge on any atom is -0.486 e. The normalized spacial score (nSPS) is 15.6. The van der Waals surface area contributed by atoms with Crippen LogP contribution in [0.5, 0.6) is 11.5 Å². The number of benzene rings is 1. The van der Waals surface area contributed by atoms with Gasteiger partial charge in [-0.25, -0.2) is 0 Å². The van der Waals surface area contributed by atoms with Crippen molar-refractivity contribution in [3.05, 3.63) is 35.7 Å². The molecule has 0 amide bonds. The quantitative estimate of drug-likeness (QED) is 0.870. The molecule has 1 aromatic heterocycles. The van der Waals surface area contributed by atoms with Crippen LogP contribution >= 0.6 is 11.7 Å². The van der Waals surface area contributed by atoms with Crippen LogP contribution in [0.2, 0.25) is 0 Å². The van der Waals surface area contributed by atoms with Crippen LogP contribution in [0.25, 0.3) is 0 Å². The third kappa shape index (κ3) is 1.96. The summed E-state index contributed by atoms with van der Waals surface area (Å²) in [4.78, 5) is 0.